The maximum atomic E-state index is 6.56. The Kier molecular flexibility index (Phi) is 9.58. The van der Waals surface area contributed by atoms with Gasteiger partial charge in [-0.3, -0.25) is 4.57 Å². The van der Waals surface area contributed by atoms with Crippen molar-refractivity contribution in [1.82, 2.24) is 19.3 Å². The highest BCUT2D eigenvalue weighted by Crippen LogP contribution is 2.39. The van der Waals surface area contributed by atoms with Crippen molar-refractivity contribution < 1.29 is 4.74 Å². The van der Waals surface area contributed by atoms with Crippen molar-refractivity contribution in [3.05, 3.63) is 131 Å². The zero-order valence-electron chi connectivity index (χ0n) is 30.4. The van der Waals surface area contributed by atoms with Crippen LogP contribution in [0.25, 0.3) is 44.4 Å². The summed E-state index contributed by atoms with van der Waals surface area (Å²) in [4.78, 5) is 4.74. The minimum absolute atomic E-state index is 0.766. The van der Waals surface area contributed by atoms with Crippen molar-refractivity contribution in [2.75, 3.05) is 0 Å². The van der Waals surface area contributed by atoms with E-state index in [0.717, 1.165) is 79.0 Å². The van der Waals surface area contributed by atoms with E-state index in [2.05, 4.69) is 119 Å². The topological polar surface area (TPSA) is 44.9 Å². The molecule has 0 aliphatic rings. The molecule has 0 saturated heterocycles. The van der Waals surface area contributed by atoms with E-state index in [-0.39, 0.29) is 0 Å². The number of benzene rings is 4. The largest absolute Gasteiger partial charge is 0.457 e. The van der Waals surface area contributed by atoms with Gasteiger partial charge < -0.3 is 4.74 Å². The Balaban J connectivity index is 1.27. The van der Waals surface area contributed by atoms with Gasteiger partial charge in [0.05, 0.1) is 22.9 Å². The summed E-state index contributed by atoms with van der Waals surface area (Å²) in [5.41, 5.74) is 14.7. The van der Waals surface area contributed by atoms with Crippen LogP contribution in [0.15, 0.2) is 97.5 Å². The quantitative estimate of drug-likeness (QED) is 0.131. The number of fused-ring (bicyclic) bond motifs is 3. The van der Waals surface area contributed by atoms with Crippen LogP contribution in [0.3, 0.4) is 0 Å². The molecule has 0 saturated carbocycles. The molecule has 0 aliphatic carbocycles. The van der Waals surface area contributed by atoms with Gasteiger partial charge in [-0.2, -0.15) is 5.10 Å². The number of pyridine rings is 1. The normalized spacial score (nSPS) is 11.6. The molecule has 4 aromatic carbocycles. The number of hydrogen-bond donors (Lipinski definition) is 0. The molecule has 5 nitrogen and oxygen atoms in total. The second-order valence-electron chi connectivity index (χ2n) is 13.3. The molecule has 0 radical (unpaired) electrons. The predicted molar refractivity (Wildman–Crippen MR) is 209 cm³/mol. The summed E-state index contributed by atoms with van der Waals surface area (Å²) in [6, 6.07) is 27.2. The number of para-hydroxylation sites is 1. The van der Waals surface area contributed by atoms with Crippen molar-refractivity contribution in [3.63, 3.8) is 0 Å². The van der Waals surface area contributed by atoms with E-state index < -0.39 is 0 Å². The molecule has 0 spiro atoms. The average Bonchev–Trinajstić information content (AvgIpc) is 3.75. The number of aromatic nitrogens is 4. The summed E-state index contributed by atoms with van der Waals surface area (Å²) < 4.78 is 10.8. The fourth-order valence-electron chi connectivity index (χ4n) is 8.03. The fraction of sp³-hybridized carbons (Fsp3) is 0.289. The first-order valence-corrected chi connectivity index (χ1v) is 18.5. The molecule has 254 valence electrons. The molecule has 0 amide bonds. The van der Waals surface area contributed by atoms with Crippen LogP contribution in [0.5, 0.6) is 11.5 Å². The van der Waals surface area contributed by atoms with Crippen molar-refractivity contribution in [2.45, 2.75) is 86.5 Å². The number of aryl methyl sites for hydroxylation is 1. The molecule has 7 rings (SSSR count). The summed E-state index contributed by atoms with van der Waals surface area (Å²) in [5, 5.41) is 7.30. The van der Waals surface area contributed by atoms with Gasteiger partial charge in [0.2, 0.25) is 0 Å². The lowest BCUT2D eigenvalue weighted by Gasteiger charge is -2.25. The molecule has 0 bridgehead atoms. The van der Waals surface area contributed by atoms with Crippen LogP contribution < -0.4 is 4.74 Å². The smallest absolute Gasteiger partial charge is 0.137 e. The van der Waals surface area contributed by atoms with Gasteiger partial charge in [-0.15, -0.1) is 0 Å². The first-order valence-electron chi connectivity index (χ1n) is 18.5. The third-order valence-electron chi connectivity index (χ3n) is 10.1. The summed E-state index contributed by atoms with van der Waals surface area (Å²) in [7, 11) is 0. The van der Waals surface area contributed by atoms with Gasteiger partial charge >= 0.3 is 0 Å². The zero-order valence-corrected chi connectivity index (χ0v) is 30.4. The predicted octanol–water partition coefficient (Wildman–Crippen LogP) is 11.7. The van der Waals surface area contributed by atoms with E-state index in [1.54, 1.807) is 16.7 Å². The third-order valence-corrected chi connectivity index (χ3v) is 10.1. The molecule has 0 aliphatic heterocycles. The first-order chi connectivity index (χ1) is 24.5. The summed E-state index contributed by atoms with van der Waals surface area (Å²) >= 11 is 0. The second kappa shape index (κ2) is 14.4. The van der Waals surface area contributed by atoms with Crippen LogP contribution in [0.2, 0.25) is 0 Å². The highest BCUT2D eigenvalue weighted by atomic mass is 16.5. The van der Waals surface area contributed by atoms with E-state index in [4.69, 9.17) is 14.8 Å². The van der Waals surface area contributed by atoms with Gasteiger partial charge in [0.25, 0.3) is 0 Å². The Morgan fingerprint density at radius 1 is 0.640 bits per heavy atom. The summed E-state index contributed by atoms with van der Waals surface area (Å²) in [6.07, 6.45) is 13.8. The summed E-state index contributed by atoms with van der Waals surface area (Å²) in [5.74, 6) is 2.44. The minimum atomic E-state index is 0.766. The van der Waals surface area contributed by atoms with Crippen molar-refractivity contribution in [1.29, 1.82) is 0 Å². The number of hydrogen-bond acceptors (Lipinski definition) is 3. The molecule has 0 unspecified atom stereocenters. The van der Waals surface area contributed by atoms with Crippen molar-refractivity contribution >= 4 is 21.8 Å². The molecule has 0 atom stereocenters. The second-order valence-corrected chi connectivity index (χ2v) is 13.3. The lowest BCUT2D eigenvalue weighted by Crippen LogP contribution is -2.11. The van der Waals surface area contributed by atoms with Crippen LogP contribution >= 0.6 is 0 Å². The monoisotopic (exact) mass is 660 g/mol. The van der Waals surface area contributed by atoms with E-state index in [9.17, 15) is 0 Å². The molecule has 7 aromatic rings. The highest BCUT2D eigenvalue weighted by Gasteiger charge is 2.23. The molecule has 50 heavy (non-hydrogen) atoms. The van der Waals surface area contributed by atoms with E-state index >= 15 is 0 Å². The maximum absolute atomic E-state index is 6.56. The fourth-order valence-corrected chi connectivity index (χ4v) is 8.03. The van der Waals surface area contributed by atoms with Crippen LogP contribution in [-0.2, 0) is 32.1 Å². The Labute approximate surface area is 296 Å². The van der Waals surface area contributed by atoms with Crippen molar-refractivity contribution in [3.8, 4) is 34.1 Å². The molecular formula is C45H48N4O. The van der Waals surface area contributed by atoms with E-state index in [1.165, 1.54) is 38.6 Å². The van der Waals surface area contributed by atoms with E-state index in [0.29, 0.717) is 0 Å². The van der Waals surface area contributed by atoms with Gasteiger partial charge in [-0.05, 0) is 120 Å². The number of ether oxygens (including phenoxy) is 1. The Morgan fingerprint density at radius 3 is 2.02 bits per heavy atom. The SMILES string of the molecule is CCCc1c(CC)c(CC)c(CC)c(CCC)c1-c1cnn(-c2cccc(Oc3ccc4c5ccccc5n(-c5cc(C)ccn5)c4c3)c2)c1. The third kappa shape index (κ3) is 6.00. The van der Waals surface area contributed by atoms with Gasteiger partial charge in [0.1, 0.15) is 17.3 Å². The zero-order chi connectivity index (χ0) is 34.8. The van der Waals surface area contributed by atoms with Crippen LogP contribution in [0.1, 0.15) is 80.8 Å². The lowest BCUT2D eigenvalue weighted by atomic mass is 9.79. The summed E-state index contributed by atoms with van der Waals surface area (Å²) in [6.45, 7) is 13.7. The van der Waals surface area contributed by atoms with Crippen LogP contribution in [-0.4, -0.2) is 19.3 Å². The molecule has 3 aromatic heterocycles. The highest BCUT2D eigenvalue weighted by molar-refractivity contribution is 6.09. The first kappa shape index (κ1) is 33.3. The molecule has 0 N–H and O–H groups in total. The number of rotatable bonds is 12. The molecule has 3 heterocycles. The van der Waals surface area contributed by atoms with Gasteiger partial charge in [0.15, 0.2) is 0 Å². The van der Waals surface area contributed by atoms with Gasteiger partial charge in [0, 0.05) is 40.9 Å². The van der Waals surface area contributed by atoms with Crippen LogP contribution in [0, 0.1) is 6.92 Å². The Hall–Kier alpha value is -5.16. The van der Waals surface area contributed by atoms with E-state index in [1.807, 2.05) is 29.1 Å². The Morgan fingerprint density at radius 2 is 1.32 bits per heavy atom. The number of nitrogens with zero attached hydrogens (tertiary/aromatic N) is 4. The maximum Gasteiger partial charge on any atom is 0.137 e. The average molecular weight is 661 g/mol. The Bertz CT molecular complexity index is 2270. The molecule has 0 fully saturated rings. The van der Waals surface area contributed by atoms with Crippen molar-refractivity contribution in [2.24, 2.45) is 0 Å². The van der Waals surface area contributed by atoms with Gasteiger partial charge in [-0.25, -0.2) is 9.67 Å². The molecular weight excluding hydrogens is 613 g/mol. The lowest BCUT2D eigenvalue weighted by molar-refractivity contribution is 0.483. The van der Waals surface area contributed by atoms with Gasteiger partial charge in [-0.1, -0.05) is 71.7 Å². The molecule has 5 heteroatoms. The minimum Gasteiger partial charge on any atom is -0.457 e. The standard InChI is InChI=1S/C45H48N4O/c1-7-15-40-36(10-4)35(9-3)37(11-5)41(16-8-2)45(40)31-28-47-48(29-31)32-17-14-18-33(26-32)50-34-21-22-39-38-19-12-13-20-42(38)49(43(39)27-34)44-25-30(6)23-24-46-44/h12-14,17-29H,7-11,15-16H2,1-6H3. The van der Waals surface area contributed by atoms with Crippen LogP contribution in [0.4, 0.5) is 0 Å².